The monoisotopic (exact) mass is 310 g/mol. The van der Waals surface area contributed by atoms with Crippen LogP contribution in [-0.2, 0) is 0 Å². The maximum Gasteiger partial charge on any atom is 0.339 e. The average molecular weight is 311 g/mol. The molecule has 18 heavy (non-hydrogen) atoms. The van der Waals surface area contributed by atoms with Gasteiger partial charge in [0.2, 0.25) is 0 Å². The highest BCUT2D eigenvalue weighted by atomic mass is 79.9. The zero-order chi connectivity index (χ0) is 13.1. The minimum absolute atomic E-state index is 0.0168. The molecular weight excluding hydrogens is 303 g/mol. The summed E-state index contributed by atoms with van der Waals surface area (Å²) in [6, 6.07) is 10.3. The van der Waals surface area contributed by atoms with E-state index in [4.69, 9.17) is 9.84 Å². The fourth-order valence-corrected chi connectivity index (χ4v) is 1.75. The largest absolute Gasteiger partial charge is 0.478 e. The number of halogens is 2. The van der Waals surface area contributed by atoms with Gasteiger partial charge in [-0.3, -0.25) is 0 Å². The molecule has 0 aliphatic carbocycles. The highest BCUT2D eigenvalue weighted by Crippen LogP contribution is 2.29. The molecule has 0 atom stereocenters. The van der Waals surface area contributed by atoms with Crippen LogP contribution < -0.4 is 4.74 Å². The number of carbonyl (C=O) groups is 1. The van der Waals surface area contributed by atoms with Crippen molar-refractivity contribution in [2.75, 3.05) is 0 Å². The number of rotatable bonds is 3. The van der Waals surface area contributed by atoms with Crippen LogP contribution in [0.5, 0.6) is 11.5 Å². The molecule has 0 radical (unpaired) electrons. The van der Waals surface area contributed by atoms with Gasteiger partial charge in [-0.2, -0.15) is 0 Å². The van der Waals surface area contributed by atoms with E-state index in [1.54, 1.807) is 12.1 Å². The van der Waals surface area contributed by atoms with Crippen molar-refractivity contribution in [3.8, 4) is 11.5 Å². The molecule has 3 nitrogen and oxygen atoms in total. The van der Waals surface area contributed by atoms with E-state index in [1.807, 2.05) is 0 Å². The van der Waals surface area contributed by atoms with Crippen LogP contribution in [0.1, 0.15) is 10.4 Å². The Kier molecular flexibility index (Phi) is 3.62. The van der Waals surface area contributed by atoms with E-state index in [0.29, 0.717) is 4.47 Å². The molecule has 0 saturated carbocycles. The zero-order valence-corrected chi connectivity index (χ0v) is 10.6. The Morgan fingerprint density at radius 1 is 1.17 bits per heavy atom. The van der Waals surface area contributed by atoms with Gasteiger partial charge in [0, 0.05) is 4.47 Å². The first kappa shape index (κ1) is 12.6. The highest BCUT2D eigenvalue weighted by Gasteiger charge is 2.13. The van der Waals surface area contributed by atoms with Crippen LogP contribution in [0.15, 0.2) is 46.9 Å². The molecule has 1 N–H and O–H groups in total. The van der Waals surface area contributed by atoms with Crippen LogP contribution in [0, 0.1) is 5.82 Å². The summed E-state index contributed by atoms with van der Waals surface area (Å²) in [5.74, 6) is -1.61. The second-order valence-corrected chi connectivity index (χ2v) is 4.39. The summed E-state index contributed by atoms with van der Waals surface area (Å²) in [6.07, 6.45) is 0. The van der Waals surface area contributed by atoms with Crippen molar-refractivity contribution >= 4 is 21.9 Å². The zero-order valence-electron chi connectivity index (χ0n) is 9.06. The quantitative estimate of drug-likeness (QED) is 0.929. The minimum atomic E-state index is -1.12. The van der Waals surface area contributed by atoms with Crippen LogP contribution >= 0.6 is 15.9 Å². The maximum absolute atomic E-state index is 13.5. The van der Waals surface area contributed by atoms with Gasteiger partial charge in [0.15, 0.2) is 11.6 Å². The number of hydrogen-bond donors (Lipinski definition) is 1. The number of carboxylic acids is 1. The topological polar surface area (TPSA) is 46.5 Å². The van der Waals surface area contributed by atoms with E-state index in [-0.39, 0.29) is 17.1 Å². The molecule has 2 rings (SSSR count). The van der Waals surface area contributed by atoms with Crippen molar-refractivity contribution in [3.63, 3.8) is 0 Å². The smallest absolute Gasteiger partial charge is 0.339 e. The van der Waals surface area contributed by atoms with Gasteiger partial charge in [-0.25, -0.2) is 9.18 Å². The Morgan fingerprint density at radius 2 is 1.89 bits per heavy atom. The maximum atomic E-state index is 13.5. The van der Waals surface area contributed by atoms with Gasteiger partial charge in [0.25, 0.3) is 0 Å². The van der Waals surface area contributed by atoms with E-state index >= 15 is 0 Å². The SMILES string of the molecule is O=C(O)c1ccccc1Oc1cc(Br)ccc1F. The molecule has 0 spiro atoms. The van der Waals surface area contributed by atoms with Gasteiger partial charge in [0.05, 0.1) is 0 Å². The van der Waals surface area contributed by atoms with Crippen molar-refractivity contribution in [2.45, 2.75) is 0 Å². The Balaban J connectivity index is 2.40. The van der Waals surface area contributed by atoms with Gasteiger partial charge in [-0.05, 0) is 30.3 Å². The van der Waals surface area contributed by atoms with Crippen molar-refractivity contribution in [2.24, 2.45) is 0 Å². The summed E-state index contributed by atoms with van der Waals surface area (Å²) in [5, 5.41) is 8.98. The summed E-state index contributed by atoms with van der Waals surface area (Å²) >= 11 is 3.19. The van der Waals surface area contributed by atoms with Gasteiger partial charge < -0.3 is 9.84 Å². The lowest BCUT2D eigenvalue weighted by Gasteiger charge is -2.09. The Morgan fingerprint density at radius 3 is 2.61 bits per heavy atom. The van der Waals surface area contributed by atoms with Crippen molar-refractivity contribution in [3.05, 3.63) is 58.3 Å². The second kappa shape index (κ2) is 5.18. The van der Waals surface area contributed by atoms with Gasteiger partial charge >= 0.3 is 5.97 Å². The molecule has 0 fully saturated rings. The third kappa shape index (κ3) is 2.68. The lowest BCUT2D eigenvalue weighted by atomic mass is 10.2. The Labute approximate surface area is 111 Å². The molecule has 92 valence electrons. The molecule has 0 aliphatic rings. The summed E-state index contributed by atoms with van der Waals surface area (Å²) in [7, 11) is 0. The van der Waals surface area contributed by atoms with Crippen LogP contribution in [0.25, 0.3) is 0 Å². The van der Waals surface area contributed by atoms with Crippen molar-refractivity contribution in [1.29, 1.82) is 0 Å². The molecule has 0 saturated heterocycles. The Hall–Kier alpha value is -1.88. The fraction of sp³-hybridized carbons (Fsp3) is 0. The normalized spacial score (nSPS) is 10.1. The molecule has 0 amide bonds. The predicted molar refractivity (Wildman–Crippen MR) is 67.6 cm³/mol. The predicted octanol–water partition coefficient (Wildman–Crippen LogP) is 4.08. The minimum Gasteiger partial charge on any atom is -0.478 e. The van der Waals surface area contributed by atoms with Crippen molar-refractivity contribution < 1.29 is 19.0 Å². The lowest BCUT2D eigenvalue weighted by Crippen LogP contribution is -2.00. The van der Waals surface area contributed by atoms with Crippen LogP contribution in [0.4, 0.5) is 4.39 Å². The number of carboxylic acid groups (broad SMARTS) is 1. The summed E-state index contributed by atoms with van der Waals surface area (Å²) in [5.41, 5.74) is -0.0168. The number of hydrogen-bond acceptors (Lipinski definition) is 2. The molecule has 2 aromatic rings. The van der Waals surface area contributed by atoms with E-state index in [2.05, 4.69) is 15.9 Å². The first-order chi connectivity index (χ1) is 8.58. The highest BCUT2D eigenvalue weighted by molar-refractivity contribution is 9.10. The fourth-order valence-electron chi connectivity index (χ4n) is 1.41. The third-order valence-electron chi connectivity index (χ3n) is 2.23. The number of para-hydroxylation sites is 1. The summed E-state index contributed by atoms with van der Waals surface area (Å²) in [6.45, 7) is 0. The second-order valence-electron chi connectivity index (χ2n) is 3.48. The first-order valence-corrected chi connectivity index (χ1v) is 5.82. The van der Waals surface area contributed by atoms with Gasteiger partial charge in [0.1, 0.15) is 11.3 Å². The third-order valence-corrected chi connectivity index (χ3v) is 2.72. The molecule has 0 aromatic heterocycles. The van der Waals surface area contributed by atoms with Crippen LogP contribution in [0.2, 0.25) is 0 Å². The first-order valence-electron chi connectivity index (χ1n) is 5.03. The van der Waals surface area contributed by atoms with Crippen LogP contribution in [-0.4, -0.2) is 11.1 Å². The molecule has 0 aliphatic heterocycles. The number of aromatic carboxylic acids is 1. The van der Waals surface area contributed by atoms with Gasteiger partial charge in [-0.1, -0.05) is 28.1 Å². The molecular formula is C13H8BrFO3. The molecule has 0 bridgehead atoms. The average Bonchev–Trinajstić information content (AvgIpc) is 2.34. The summed E-state index contributed by atoms with van der Waals surface area (Å²) < 4.78 is 19.4. The molecule has 2 aromatic carbocycles. The van der Waals surface area contributed by atoms with Crippen LogP contribution in [0.3, 0.4) is 0 Å². The number of ether oxygens (including phenoxy) is 1. The molecule has 5 heteroatoms. The number of benzene rings is 2. The standard InChI is InChI=1S/C13H8BrFO3/c14-8-5-6-10(15)12(7-8)18-11-4-2-1-3-9(11)13(16)17/h1-7H,(H,16,17). The Bertz CT molecular complexity index is 599. The molecule has 0 unspecified atom stereocenters. The molecule has 0 heterocycles. The van der Waals surface area contributed by atoms with E-state index < -0.39 is 11.8 Å². The van der Waals surface area contributed by atoms with Gasteiger partial charge in [-0.15, -0.1) is 0 Å². The van der Waals surface area contributed by atoms with E-state index in [9.17, 15) is 9.18 Å². The van der Waals surface area contributed by atoms with E-state index in [0.717, 1.165) is 0 Å². The van der Waals surface area contributed by atoms with Crippen molar-refractivity contribution in [1.82, 2.24) is 0 Å². The summed E-state index contributed by atoms with van der Waals surface area (Å²) in [4.78, 5) is 11.0. The lowest BCUT2D eigenvalue weighted by molar-refractivity contribution is 0.0694. The van der Waals surface area contributed by atoms with E-state index in [1.165, 1.54) is 30.3 Å².